The fraction of sp³-hybridized carbons (Fsp3) is 0.333. The maximum atomic E-state index is 9.01. The van der Waals surface area contributed by atoms with Crippen LogP contribution in [0.1, 0.15) is 31.0 Å². The van der Waals surface area contributed by atoms with Crippen LogP contribution in [0.5, 0.6) is 5.75 Å². The molecule has 1 heterocycles. The number of methoxy groups -OCH3 is 1. The lowest BCUT2D eigenvalue weighted by Gasteiger charge is -2.12. The van der Waals surface area contributed by atoms with Crippen LogP contribution in [0.15, 0.2) is 24.4 Å². The Morgan fingerprint density at radius 2 is 2.11 bits per heavy atom. The fourth-order valence-electron chi connectivity index (χ4n) is 2.02. The summed E-state index contributed by atoms with van der Waals surface area (Å²) in [6.45, 7) is 4.29. The molecule has 0 aliphatic heterocycles. The maximum Gasteiger partial charge on any atom is 0.144 e. The van der Waals surface area contributed by atoms with Crippen LogP contribution in [-0.4, -0.2) is 16.7 Å². The lowest BCUT2D eigenvalue weighted by atomic mass is 10.00. The average molecular weight is 255 g/mol. The lowest BCUT2D eigenvalue weighted by molar-refractivity contribution is 0.415. The molecule has 1 aromatic heterocycles. The molecule has 0 saturated carbocycles. The first-order valence-electron chi connectivity index (χ1n) is 6.18. The van der Waals surface area contributed by atoms with Crippen molar-refractivity contribution in [3.05, 3.63) is 35.7 Å². The highest BCUT2D eigenvalue weighted by Gasteiger charge is 2.14. The molecule has 0 aliphatic carbocycles. The van der Waals surface area contributed by atoms with Gasteiger partial charge in [-0.2, -0.15) is 5.26 Å². The molecule has 0 bridgehead atoms. The minimum absolute atomic E-state index is 0.431. The van der Waals surface area contributed by atoms with Gasteiger partial charge in [0.1, 0.15) is 23.3 Å². The number of hydrogen-bond acceptors (Lipinski definition) is 3. The molecule has 0 fully saturated rings. The molecule has 4 nitrogen and oxygen atoms in total. The number of nitrogens with zero attached hydrogens (tertiary/aromatic N) is 3. The van der Waals surface area contributed by atoms with Crippen LogP contribution in [0, 0.1) is 11.3 Å². The van der Waals surface area contributed by atoms with E-state index >= 15 is 0 Å². The van der Waals surface area contributed by atoms with Crippen molar-refractivity contribution in [3.8, 4) is 23.2 Å². The van der Waals surface area contributed by atoms with Crippen LogP contribution in [0.2, 0.25) is 0 Å². The van der Waals surface area contributed by atoms with Crippen LogP contribution in [0.4, 0.5) is 0 Å². The minimum atomic E-state index is 0.431. The Labute approximate surface area is 113 Å². The lowest BCUT2D eigenvalue weighted by Crippen LogP contribution is -1.99. The highest BCUT2D eigenvalue weighted by molar-refractivity contribution is 5.66. The quantitative estimate of drug-likeness (QED) is 0.846. The van der Waals surface area contributed by atoms with Crippen molar-refractivity contribution >= 4 is 0 Å². The first-order valence-corrected chi connectivity index (χ1v) is 6.18. The monoisotopic (exact) mass is 255 g/mol. The number of benzene rings is 1. The Balaban J connectivity index is 2.62. The summed E-state index contributed by atoms with van der Waals surface area (Å²) in [6.07, 6.45) is 1.58. The van der Waals surface area contributed by atoms with E-state index in [0.717, 1.165) is 17.1 Å². The van der Waals surface area contributed by atoms with E-state index in [1.165, 1.54) is 5.56 Å². The van der Waals surface area contributed by atoms with Gasteiger partial charge < -0.3 is 9.30 Å². The van der Waals surface area contributed by atoms with Crippen molar-refractivity contribution in [1.29, 1.82) is 5.26 Å². The fourth-order valence-corrected chi connectivity index (χ4v) is 2.02. The highest BCUT2D eigenvalue weighted by Crippen LogP contribution is 2.32. The van der Waals surface area contributed by atoms with E-state index in [9.17, 15) is 0 Å². The number of hydrogen-bond donors (Lipinski definition) is 0. The van der Waals surface area contributed by atoms with E-state index in [1.54, 1.807) is 17.9 Å². The molecule has 2 aromatic rings. The second kappa shape index (κ2) is 5.15. The van der Waals surface area contributed by atoms with Gasteiger partial charge in [-0.3, -0.25) is 0 Å². The maximum absolute atomic E-state index is 9.01. The Kier molecular flexibility index (Phi) is 3.57. The first kappa shape index (κ1) is 13.2. The smallest absolute Gasteiger partial charge is 0.144 e. The van der Waals surface area contributed by atoms with Gasteiger partial charge in [0.2, 0.25) is 0 Å². The van der Waals surface area contributed by atoms with Crippen molar-refractivity contribution in [2.45, 2.75) is 19.8 Å². The molecule has 0 saturated heterocycles. The van der Waals surface area contributed by atoms with Gasteiger partial charge in [-0.15, -0.1) is 0 Å². The summed E-state index contributed by atoms with van der Waals surface area (Å²) >= 11 is 0. The van der Waals surface area contributed by atoms with E-state index in [-0.39, 0.29) is 0 Å². The van der Waals surface area contributed by atoms with Gasteiger partial charge in [0.25, 0.3) is 0 Å². The van der Waals surface area contributed by atoms with E-state index in [2.05, 4.69) is 37.0 Å². The van der Waals surface area contributed by atoms with Crippen molar-refractivity contribution in [3.63, 3.8) is 0 Å². The Morgan fingerprint density at radius 3 is 2.63 bits per heavy atom. The zero-order chi connectivity index (χ0) is 14.0. The molecule has 4 heteroatoms. The normalized spacial score (nSPS) is 10.5. The van der Waals surface area contributed by atoms with Crippen molar-refractivity contribution < 1.29 is 4.74 Å². The molecule has 0 amide bonds. The SMILES string of the molecule is COc1ccc(C(C)C)cc1-c1ncc(C#N)n1C. The van der Waals surface area contributed by atoms with E-state index in [4.69, 9.17) is 10.00 Å². The number of aromatic nitrogens is 2. The van der Waals surface area contributed by atoms with Gasteiger partial charge >= 0.3 is 0 Å². The molecule has 0 spiro atoms. The van der Waals surface area contributed by atoms with Crippen molar-refractivity contribution in [2.75, 3.05) is 7.11 Å². The zero-order valence-corrected chi connectivity index (χ0v) is 11.6. The predicted octanol–water partition coefficient (Wildman–Crippen LogP) is 3.09. The van der Waals surface area contributed by atoms with Crippen LogP contribution in [0.3, 0.4) is 0 Å². The summed E-state index contributed by atoms with van der Waals surface area (Å²) in [7, 11) is 3.48. The third-order valence-electron chi connectivity index (χ3n) is 3.23. The molecule has 1 aromatic carbocycles. The zero-order valence-electron chi connectivity index (χ0n) is 11.6. The standard InChI is InChI=1S/C15H17N3O/c1-10(2)11-5-6-14(19-4)13(7-11)15-17-9-12(8-16)18(15)3/h5-7,9-10H,1-4H3. The summed E-state index contributed by atoms with van der Waals surface area (Å²) in [5.41, 5.74) is 2.67. The van der Waals surface area contributed by atoms with Gasteiger partial charge in [-0.25, -0.2) is 4.98 Å². The molecule has 19 heavy (non-hydrogen) atoms. The third-order valence-corrected chi connectivity index (χ3v) is 3.23. The van der Waals surface area contributed by atoms with E-state index < -0.39 is 0 Å². The molecule has 2 rings (SSSR count). The van der Waals surface area contributed by atoms with Gasteiger partial charge in [0.15, 0.2) is 0 Å². The summed E-state index contributed by atoms with van der Waals surface area (Å²) in [4.78, 5) is 4.33. The highest BCUT2D eigenvalue weighted by atomic mass is 16.5. The van der Waals surface area contributed by atoms with Crippen molar-refractivity contribution in [2.24, 2.45) is 7.05 Å². The largest absolute Gasteiger partial charge is 0.496 e. The molecule has 0 N–H and O–H groups in total. The predicted molar refractivity (Wildman–Crippen MR) is 74.0 cm³/mol. The number of nitriles is 1. The number of imidazole rings is 1. The second-order valence-electron chi connectivity index (χ2n) is 4.75. The minimum Gasteiger partial charge on any atom is -0.496 e. The summed E-state index contributed by atoms with van der Waals surface area (Å²) in [5.74, 6) is 1.94. The first-order chi connectivity index (χ1) is 9.08. The topological polar surface area (TPSA) is 50.8 Å². The van der Waals surface area contributed by atoms with Gasteiger partial charge in [-0.05, 0) is 23.6 Å². The van der Waals surface area contributed by atoms with Gasteiger partial charge in [0, 0.05) is 7.05 Å². The Hall–Kier alpha value is -2.28. The molecular weight excluding hydrogens is 238 g/mol. The van der Waals surface area contributed by atoms with Crippen LogP contribution < -0.4 is 4.74 Å². The van der Waals surface area contributed by atoms with Gasteiger partial charge in [-0.1, -0.05) is 19.9 Å². The summed E-state index contributed by atoms with van der Waals surface area (Å²) in [5, 5.41) is 9.01. The molecule has 0 atom stereocenters. The van der Waals surface area contributed by atoms with Crippen LogP contribution in [0.25, 0.3) is 11.4 Å². The molecule has 0 unspecified atom stereocenters. The van der Waals surface area contributed by atoms with Gasteiger partial charge in [0.05, 0.1) is 18.9 Å². The second-order valence-corrected chi connectivity index (χ2v) is 4.75. The average Bonchev–Trinajstić information content (AvgIpc) is 2.78. The molecule has 0 radical (unpaired) electrons. The van der Waals surface area contributed by atoms with E-state index in [1.807, 2.05) is 13.1 Å². The summed E-state index contributed by atoms with van der Waals surface area (Å²) in [6, 6.07) is 8.20. The number of ether oxygens (including phenoxy) is 1. The van der Waals surface area contributed by atoms with Crippen molar-refractivity contribution in [1.82, 2.24) is 9.55 Å². The Bertz CT molecular complexity index is 635. The Morgan fingerprint density at radius 1 is 1.37 bits per heavy atom. The molecular formula is C15H17N3O. The van der Waals surface area contributed by atoms with E-state index in [0.29, 0.717) is 11.6 Å². The number of rotatable bonds is 3. The molecule has 0 aliphatic rings. The third kappa shape index (κ3) is 2.32. The molecule has 98 valence electrons. The summed E-state index contributed by atoms with van der Waals surface area (Å²) < 4.78 is 7.18. The van der Waals surface area contributed by atoms with Crippen LogP contribution in [-0.2, 0) is 7.05 Å². The van der Waals surface area contributed by atoms with Crippen LogP contribution >= 0.6 is 0 Å².